The van der Waals surface area contributed by atoms with Gasteiger partial charge in [0.15, 0.2) is 0 Å². The highest BCUT2D eigenvalue weighted by molar-refractivity contribution is 5.88. The second-order valence-electron chi connectivity index (χ2n) is 5.19. The average molecular weight is 364 g/mol. The quantitative estimate of drug-likeness (QED) is 0.217. The standard InChI is InChI=1S/C18H28N4O4/c1-5-15(23)19-9-11-21(17(25)7-3)13-14-22(18(26)8-4)12-10-20-16(24)6-2/h5-8,15,19,23H,1-4,9-14H2,(H,20,24). The van der Waals surface area contributed by atoms with Crippen molar-refractivity contribution in [3.8, 4) is 0 Å². The summed E-state index contributed by atoms with van der Waals surface area (Å²) < 4.78 is 0. The fourth-order valence-electron chi connectivity index (χ4n) is 1.98. The molecule has 0 aliphatic heterocycles. The number of hydrogen-bond donors (Lipinski definition) is 3. The highest BCUT2D eigenvalue weighted by Gasteiger charge is 2.15. The number of aliphatic hydroxyl groups excluding tert-OH is 1. The van der Waals surface area contributed by atoms with Gasteiger partial charge in [0.1, 0.15) is 6.23 Å². The van der Waals surface area contributed by atoms with Gasteiger partial charge in [-0.25, -0.2) is 0 Å². The molecule has 8 nitrogen and oxygen atoms in total. The van der Waals surface area contributed by atoms with E-state index in [4.69, 9.17) is 0 Å². The molecule has 0 aliphatic rings. The maximum Gasteiger partial charge on any atom is 0.246 e. The molecule has 1 unspecified atom stereocenters. The molecule has 0 saturated heterocycles. The second-order valence-corrected chi connectivity index (χ2v) is 5.19. The second kappa shape index (κ2) is 13.6. The van der Waals surface area contributed by atoms with E-state index in [9.17, 15) is 19.5 Å². The van der Waals surface area contributed by atoms with E-state index in [1.807, 2.05) is 0 Å². The third-order valence-electron chi connectivity index (χ3n) is 3.44. The fourth-order valence-corrected chi connectivity index (χ4v) is 1.98. The first-order valence-electron chi connectivity index (χ1n) is 8.16. The van der Waals surface area contributed by atoms with Crippen molar-refractivity contribution in [2.24, 2.45) is 0 Å². The van der Waals surface area contributed by atoms with Gasteiger partial charge in [-0.05, 0) is 24.3 Å². The molecule has 0 aromatic heterocycles. The Morgan fingerprint density at radius 2 is 1.35 bits per heavy atom. The number of carbonyl (C=O) groups is 3. The summed E-state index contributed by atoms with van der Waals surface area (Å²) in [6.45, 7) is 15.4. The maximum atomic E-state index is 12.0. The van der Waals surface area contributed by atoms with Crippen molar-refractivity contribution in [3.05, 3.63) is 50.6 Å². The number of aliphatic hydroxyl groups is 1. The Balaban J connectivity index is 4.68. The monoisotopic (exact) mass is 364 g/mol. The lowest BCUT2D eigenvalue weighted by Gasteiger charge is -2.27. The van der Waals surface area contributed by atoms with Crippen molar-refractivity contribution in [2.45, 2.75) is 6.23 Å². The molecule has 144 valence electrons. The molecule has 0 aliphatic carbocycles. The summed E-state index contributed by atoms with van der Waals surface area (Å²) >= 11 is 0. The lowest BCUT2D eigenvalue weighted by atomic mass is 10.3. The van der Waals surface area contributed by atoms with Crippen LogP contribution in [0.2, 0.25) is 0 Å². The topological polar surface area (TPSA) is 102 Å². The zero-order chi connectivity index (χ0) is 19.9. The molecule has 0 rings (SSSR count). The molecule has 0 aromatic rings. The van der Waals surface area contributed by atoms with Gasteiger partial charge in [0, 0.05) is 39.3 Å². The van der Waals surface area contributed by atoms with Crippen LogP contribution in [0, 0.1) is 0 Å². The first-order valence-corrected chi connectivity index (χ1v) is 8.16. The highest BCUT2D eigenvalue weighted by Crippen LogP contribution is 1.97. The van der Waals surface area contributed by atoms with E-state index in [2.05, 4.69) is 36.9 Å². The molecule has 8 heteroatoms. The van der Waals surface area contributed by atoms with E-state index in [1.165, 1.54) is 28.0 Å². The van der Waals surface area contributed by atoms with Gasteiger partial charge in [-0.3, -0.25) is 19.7 Å². The molecule has 0 saturated carbocycles. The largest absolute Gasteiger partial charge is 0.375 e. The Bertz CT molecular complexity index is 533. The van der Waals surface area contributed by atoms with Gasteiger partial charge in [-0.15, -0.1) is 0 Å². The molecule has 3 amide bonds. The van der Waals surface area contributed by atoms with Crippen LogP contribution in [0.1, 0.15) is 0 Å². The molecule has 0 radical (unpaired) electrons. The van der Waals surface area contributed by atoms with Crippen LogP contribution in [0.5, 0.6) is 0 Å². The minimum atomic E-state index is -0.858. The van der Waals surface area contributed by atoms with Crippen molar-refractivity contribution in [1.29, 1.82) is 0 Å². The van der Waals surface area contributed by atoms with E-state index in [1.54, 1.807) is 0 Å². The third kappa shape index (κ3) is 9.55. The van der Waals surface area contributed by atoms with Crippen LogP contribution in [0.4, 0.5) is 0 Å². The minimum absolute atomic E-state index is 0.257. The zero-order valence-electron chi connectivity index (χ0n) is 15.0. The molecule has 0 aromatic carbocycles. The van der Waals surface area contributed by atoms with Crippen LogP contribution in [0.3, 0.4) is 0 Å². The van der Waals surface area contributed by atoms with Crippen molar-refractivity contribution < 1.29 is 19.5 Å². The maximum absolute atomic E-state index is 12.0. The van der Waals surface area contributed by atoms with Gasteiger partial charge < -0.3 is 20.2 Å². The molecule has 0 heterocycles. The summed E-state index contributed by atoms with van der Waals surface area (Å²) in [5, 5.41) is 14.8. The van der Waals surface area contributed by atoms with Crippen LogP contribution < -0.4 is 10.6 Å². The highest BCUT2D eigenvalue weighted by atomic mass is 16.3. The van der Waals surface area contributed by atoms with Crippen LogP contribution in [-0.4, -0.2) is 78.1 Å². The summed E-state index contributed by atoms with van der Waals surface area (Å²) in [5.41, 5.74) is 0. The Morgan fingerprint density at radius 3 is 1.77 bits per heavy atom. The van der Waals surface area contributed by atoms with E-state index in [0.29, 0.717) is 13.1 Å². The molecule has 0 fully saturated rings. The Hall–Kier alpha value is -2.71. The van der Waals surface area contributed by atoms with E-state index < -0.39 is 6.23 Å². The number of hydrogen-bond acceptors (Lipinski definition) is 5. The average Bonchev–Trinajstić information content (AvgIpc) is 2.66. The van der Waals surface area contributed by atoms with Crippen molar-refractivity contribution in [1.82, 2.24) is 20.4 Å². The summed E-state index contributed by atoms with van der Waals surface area (Å²) in [4.78, 5) is 38.1. The van der Waals surface area contributed by atoms with Gasteiger partial charge >= 0.3 is 0 Å². The van der Waals surface area contributed by atoms with Crippen LogP contribution in [0.15, 0.2) is 50.6 Å². The first-order chi connectivity index (χ1) is 12.4. The number of carbonyl (C=O) groups excluding carboxylic acids is 3. The van der Waals surface area contributed by atoms with Gasteiger partial charge in [0.05, 0.1) is 0 Å². The zero-order valence-corrected chi connectivity index (χ0v) is 15.0. The summed E-state index contributed by atoms with van der Waals surface area (Å²) in [7, 11) is 0. The predicted molar refractivity (Wildman–Crippen MR) is 101 cm³/mol. The van der Waals surface area contributed by atoms with Gasteiger partial charge in [0.2, 0.25) is 17.7 Å². The van der Waals surface area contributed by atoms with E-state index in [0.717, 1.165) is 6.08 Å². The number of nitrogens with zero attached hydrogens (tertiary/aromatic N) is 2. The summed E-state index contributed by atoms with van der Waals surface area (Å²) in [5.74, 6) is -0.916. The molecule has 0 spiro atoms. The smallest absolute Gasteiger partial charge is 0.246 e. The van der Waals surface area contributed by atoms with E-state index in [-0.39, 0.29) is 43.9 Å². The normalized spacial score (nSPS) is 11.0. The minimum Gasteiger partial charge on any atom is -0.375 e. The SMILES string of the molecule is C=CC(=O)NCCN(CCN(CCNC(O)C=C)C(=O)C=C)C(=O)C=C. The van der Waals surface area contributed by atoms with Crippen LogP contribution in [0.25, 0.3) is 0 Å². The molecule has 3 N–H and O–H groups in total. The molecular formula is C18H28N4O4. The van der Waals surface area contributed by atoms with Gasteiger partial charge in [-0.2, -0.15) is 0 Å². The number of nitrogens with one attached hydrogen (secondary N) is 2. The van der Waals surface area contributed by atoms with Crippen LogP contribution >= 0.6 is 0 Å². The Labute approximate surface area is 154 Å². The molecule has 1 atom stereocenters. The Morgan fingerprint density at radius 1 is 0.846 bits per heavy atom. The predicted octanol–water partition coefficient (Wildman–Crippen LogP) is -0.588. The Kier molecular flexibility index (Phi) is 12.2. The molecular weight excluding hydrogens is 336 g/mol. The van der Waals surface area contributed by atoms with Crippen molar-refractivity contribution in [2.75, 3.05) is 39.3 Å². The fraction of sp³-hybridized carbons (Fsp3) is 0.389. The van der Waals surface area contributed by atoms with Crippen molar-refractivity contribution in [3.63, 3.8) is 0 Å². The third-order valence-corrected chi connectivity index (χ3v) is 3.44. The molecule has 26 heavy (non-hydrogen) atoms. The lowest BCUT2D eigenvalue weighted by molar-refractivity contribution is -0.130. The van der Waals surface area contributed by atoms with Gasteiger partial charge in [-0.1, -0.05) is 26.3 Å². The van der Waals surface area contributed by atoms with E-state index >= 15 is 0 Å². The molecule has 0 bridgehead atoms. The van der Waals surface area contributed by atoms with Crippen LogP contribution in [-0.2, 0) is 14.4 Å². The van der Waals surface area contributed by atoms with Crippen molar-refractivity contribution >= 4 is 17.7 Å². The first kappa shape index (κ1) is 23.3. The summed E-state index contributed by atoms with van der Waals surface area (Å²) in [6, 6.07) is 0. The summed E-state index contributed by atoms with van der Waals surface area (Å²) in [6.07, 6.45) is 3.99. The number of amides is 3. The van der Waals surface area contributed by atoms with Gasteiger partial charge in [0.25, 0.3) is 0 Å². The lowest BCUT2D eigenvalue weighted by Crippen LogP contribution is -2.45. The number of rotatable bonds is 14.